The van der Waals surface area contributed by atoms with E-state index in [1.54, 1.807) is 18.2 Å². The molecule has 2 aromatic carbocycles. The predicted octanol–water partition coefficient (Wildman–Crippen LogP) is 6.19. The molecule has 2 rings (SSSR count). The molecule has 108 valence electrons. The number of hydrogen-bond donors (Lipinski definition) is 1. The molecule has 5 heteroatoms. The molecule has 0 amide bonds. The number of nitriles is 1. The third kappa shape index (κ3) is 3.91. The maximum atomic E-state index is 8.90. The molecule has 0 aliphatic rings. The molecule has 0 aliphatic carbocycles. The molecule has 1 unspecified atom stereocenters. The van der Waals surface area contributed by atoms with Gasteiger partial charge in [-0.2, -0.15) is 5.26 Å². The molecule has 0 fully saturated rings. The summed E-state index contributed by atoms with van der Waals surface area (Å²) < 4.78 is 0.861. The van der Waals surface area contributed by atoms with Gasteiger partial charge in [-0.15, -0.1) is 0 Å². The molecule has 0 heterocycles. The van der Waals surface area contributed by atoms with Gasteiger partial charge >= 0.3 is 0 Å². The number of nitrogens with zero attached hydrogens (tertiary/aromatic N) is 1. The summed E-state index contributed by atoms with van der Waals surface area (Å²) in [5.41, 5.74) is 2.63. The Bertz CT molecular complexity index is 695. The molecule has 2 aromatic rings. The van der Waals surface area contributed by atoms with Gasteiger partial charge < -0.3 is 5.32 Å². The van der Waals surface area contributed by atoms with Gasteiger partial charge in [0.25, 0.3) is 0 Å². The van der Waals surface area contributed by atoms with Crippen LogP contribution in [0.15, 0.2) is 40.9 Å². The quantitative estimate of drug-likeness (QED) is 0.682. The van der Waals surface area contributed by atoms with Crippen LogP contribution in [0.2, 0.25) is 10.0 Å². The fraction of sp³-hybridized carbons (Fsp3) is 0.188. The van der Waals surface area contributed by atoms with E-state index in [0.717, 1.165) is 22.1 Å². The Kier molecular flexibility index (Phi) is 5.52. The highest BCUT2D eigenvalue weighted by Gasteiger charge is 2.12. The number of nitrogens with one attached hydrogen (secondary N) is 1. The molecule has 0 bridgehead atoms. The van der Waals surface area contributed by atoms with Crippen LogP contribution in [0.3, 0.4) is 0 Å². The average Bonchev–Trinajstić information content (AvgIpc) is 2.49. The molecule has 1 N–H and O–H groups in total. The number of hydrogen-bond acceptors (Lipinski definition) is 2. The van der Waals surface area contributed by atoms with Gasteiger partial charge in [0.2, 0.25) is 0 Å². The summed E-state index contributed by atoms with van der Waals surface area (Å²) in [6.07, 6.45) is 0.893. The smallest absolute Gasteiger partial charge is 0.0992 e. The van der Waals surface area contributed by atoms with Crippen LogP contribution in [0.4, 0.5) is 5.69 Å². The SMILES string of the molecule is CCC(Nc1ccc(C#N)cc1Br)c1ccc(Cl)c(Cl)c1. The summed E-state index contributed by atoms with van der Waals surface area (Å²) in [6, 6.07) is 13.4. The van der Waals surface area contributed by atoms with Gasteiger partial charge in [-0.25, -0.2) is 0 Å². The zero-order chi connectivity index (χ0) is 15.4. The highest BCUT2D eigenvalue weighted by molar-refractivity contribution is 9.10. The maximum absolute atomic E-state index is 8.90. The minimum atomic E-state index is 0.115. The lowest BCUT2D eigenvalue weighted by Gasteiger charge is -2.20. The van der Waals surface area contributed by atoms with Crippen LogP contribution in [0.1, 0.15) is 30.5 Å². The molecule has 0 radical (unpaired) electrons. The Balaban J connectivity index is 2.27. The van der Waals surface area contributed by atoms with Crippen LogP contribution in [-0.2, 0) is 0 Å². The van der Waals surface area contributed by atoms with E-state index in [2.05, 4.69) is 34.2 Å². The van der Waals surface area contributed by atoms with Gasteiger partial charge in [0.05, 0.1) is 27.7 Å². The van der Waals surface area contributed by atoms with Crippen molar-refractivity contribution < 1.29 is 0 Å². The zero-order valence-corrected chi connectivity index (χ0v) is 14.4. The normalized spacial score (nSPS) is 11.8. The van der Waals surface area contributed by atoms with E-state index in [9.17, 15) is 0 Å². The van der Waals surface area contributed by atoms with Gasteiger partial charge in [0, 0.05) is 10.2 Å². The summed E-state index contributed by atoms with van der Waals surface area (Å²) in [4.78, 5) is 0. The van der Waals surface area contributed by atoms with Crippen LogP contribution in [0.25, 0.3) is 0 Å². The molecule has 0 saturated heterocycles. The Morgan fingerprint density at radius 3 is 2.52 bits per heavy atom. The molecule has 0 spiro atoms. The van der Waals surface area contributed by atoms with Crippen molar-refractivity contribution in [3.8, 4) is 6.07 Å². The third-order valence-corrected chi connectivity index (χ3v) is 4.58. The summed E-state index contributed by atoms with van der Waals surface area (Å²) in [5, 5.41) is 13.5. The van der Waals surface area contributed by atoms with Crippen molar-refractivity contribution in [3.05, 3.63) is 62.0 Å². The summed E-state index contributed by atoms with van der Waals surface area (Å²) in [6.45, 7) is 2.09. The first kappa shape index (κ1) is 16.2. The highest BCUT2D eigenvalue weighted by atomic mass is 79.9. The van der Waals surface area contributed by atoms with E-state index < -0.39 is 0 Å². The first-order valence-electron chi connectivity index (χ1n) is 6.46. The standard InChI is InChI=1S/C16H13BrCl2N2/c1-2-15(11-4-5-13(18)14(19)8-11)21-16-6-3-10(9-20)7-12(16)17/h3-8,15,21H,2H2,1H3. The lowest BCUT2D eigenvalue weighted by Crippen LogP contribution is -2.10. The molecule has 1 atom stereocenters. The minimum absolute atomic E-state index is 0.115. The van der Waals surface area contributed by atoms with E-state index in [0.29, 0.717) is 15.6 Å². The number of anilines is 1. The highest BCUT2D eigenvalue weighted by Crippen LogP contribution is 2.31. The van der Waals surface area contributed by atoms with E-state index >= 15 is 0 Å². The maximum Gasteiger partial charge on any atom is 0.0992 e. The van der Waals surface area contributed by atoms with Crippen molar-refractivity contribution in [3.63, 3.8) is 0 Å². The van der Waals surface area contributed by atoms with Crippen LogP contribution in [0.5, 0.6) is 0 Å². The lowest BCUT2D eigenvalue weighted by molar-refractivity contribution is 0.749. The van der Waals surface area contributed by atoms with Crippen LogP contribution in [-0.4, -0.2) is 0 Å². The van der Waals surface area contributed by atoms with Crippen molar-refractivity contribution in [2.24, 2.45) is 0 Å². The van der Waals surface area contributed by atoms with Crippen LogP contribution >= 0.6 is 39.1 Å². The first-order chi connectivity index (χ1) is 10.0. The second kappa shape index (κ2) is 7.17. The van der Waals surface area contributed by atoms with Crippen LogP contribution < -0.4 is 5.32 Å². The van der Waals surface area contributed by atoms with Crippen LogP contribution in [0, 0.1) is 11.3 Å². The Labute approximate surface area is 142 Å². The second-order valence-electron chi connectivity index (χ2n) is 4.59. The minimum Gasteiger partial charge on any atom is -0.377 e. The second-order valence-corrected chi connectivity index (χ2v) is 6.25. The van der Waals surface area contributed by atoms with Gasteiger partial charge in [-0.1, -0.05) is 36.2 Å². The van der Waals surface area contributed by atoms with Crippen molar-refractivity contribution in [2.45, 2.75) is 19.4 Å². The summed E-state index contributed by atoms with van der Waals surface area (Å²) in [5.74, 6) is 0. The Morgan fingerprint density at radius 2 is 1.95 bits per heavy atom. The van der Waals surface area contributed by atoms with Crippen molar-refractivity contribution in [2.75, 3.05) is 5.32 Å². The summed E-state index contributed by atoms with van der Waals surface area (Å²) in [7, 11) is 0. The van der Waals surface area contributed by atoms with E-state index in [1.165, 1.54) is 0 Å². The third-order valence-electron chi connectivity index (χ3n) is 3.18. The fourth-order valence-corrected chi connectivity index (χ4v) is 2.84. The first-order valence-corrected chi connectivity index (χ1v) is 8.01. The number of benzene rings is 2. The molecule has 0 saturated carbocycles. The van der Waals surface area contributed by atoms with Crippen molar-refractivity contribution in [1.82, 2.24) is 0 Å². The van der Waals surface area contributed by atoms with Crippen molar-refractivity contribution in [1.29, 1.82) is 5.26 Å². The Hall–Kier alpha value is -1.21. The summed E-state index contributed by atoms with van der Waals surface area (Å²) >= 11 is 15.5. The van der Waals surface area contributed by atoms with Crippen molar-refractivity contribution >= 4 is 44.8 Å². The Morgan fingerprint density at radius 1 is 1.19 bits per heavy atom. The number of halogens is 3. The van der Waals surface area contributed by atoms with Gasteiger partial charge in [-0.3, -0.25) is 0 Å². The van der Waals surface area contributed by atoms with E-state index in [1.807, 2.05) is 18.2 Å². The lowest BCUT2D eigenvalue weighted by atomic mass is 10.0. The largest absolute Gasteiger partial charge is 0.377 e. The van der Waals surface area contributed by atoms with Gasteiger partial charge in [0.1, 0.15) is 0 Å². The predicted molar refractivity (Wildman–Crippen MR) is 92.0 cm³/mol. The van der Waals surface area contributed by atoms with E-state index in [-0.39, 0.29) is 6.04 Å². The fourth-order valence-electron chi connectivity index (χ4n) is 2.04. The molecule has 2 nitrogen and oxygen atoms in total. The average molecular weight is 384 g/mol. The van der Waals surface area contributed by atoms with Gasteiger partial charge in [-0.05, 0) is 58.2 Å². The zero-order valence-electron chi connectivity index (χ0n) is 11.3. The topological polar surface area (TPSA) is 35.8 Å². The van der Waals surface area contributed by atoms with E-state index in [4.69, 9.17) is 28.5 Å². The molecule has 0 aromatic heterocycles. The monoisotopic (exact) mass is 382 g/mol. The van der Waals surface area contributed by atoms with Gasteiger partial charge in [0.15, 0.2) is 0 Å². The molecule has 0 aliphatic heterocycles. The molecular weight excluding hydrogens is 371 g/mol. The molecular formula is C16H13BrCl2N2. The number of rotatable bonds is 4. The molecule has 21 heavy (non-hydrogen) atoms.